The first kappa shape index (κ1) is 33.4. The van der Waals surface area contributed by atoms with Crippen LogP contribution in [-0.2, 0) is 0 Å². The summed E-state index contributed by atoms with van der Waals surface area (Å²) >= 11 is 0. The van der Waals surface area contributed by atoms with Crippen molar-refractivity contribution in [3.8, 4) is 11.5 Å². The molecule has 0 bridgehead atoms. The predicted octanol–water partition coefficient (Wildman–Crippen LogP) is 10.9. The maximum Gasteiger partial charge on any atom is 0.269 e. The quantitative estimate of drug-likeness (QED) is 0.0437. The van der Waals surface area contributed by atoms with Gasteiger partial charge < -0.3 is 9.47 Å². The summed E-state index contributed by atoms with van der Waals surface area (Å²) < 4.78 is 11.7. The summed E-state index contributed by atoms with van der Waals surface area (Å²) in [6.07, 6.45) is 9.09. The molecule has 4 aromatic carbocycles. The summed E-state index contributed by atoms with van der Waals surface area (Å²) in [6, 6.07) is 26.6. The van der Waals surface area contributed by atoms with E-state index < -0.39 is 9.85 Å². The van der Waals surface area contributed by atoms with Gasteiger partial charge in [0.2, 0.25) is 0 Å². The van der Waals surface area contributed by atoms with Crippen molar-refractivity contribution in [3.05, 3.63) is 117 Å². The van der Waals surface area contributed by atoms with E-state index in [2.05, 4.69) is 20.5 Å². The number of benzene rings is 4. The molecule has 4 rings (SSSR count). The molecule has 0 amide bonds. The lowest BCUT2D eigenvalue weighted by atomic mass is 10.1. The van der Waals surface area contributed by atoms with E-state index in [-0.39, 0.29) is 11.4 Å². The maximum absolute atomic E-state index is 10.7. The van der Waals surface area contributed by atoms with Crippen LogP contribution in [0.3, 0.4) is 0 Å². The van der Waals surface area contributed by atoms with Gasteiger partial charge in [0, 0.05) is 24.3 Å². The van der Waals surface area contributed by atoms with Crippen molar-refractivity contribution >= 4 is 34.1 Å². The molecule has 0 saturated carbocycles. The van der Waals surface area contributed by atoms with Crippen molar-refractivity contribution in [1.29, 1.82) is 0 Å². The molecule has 0 fully saturated rings. The molecule has 0 radical (unpaired) electrons. The van der Waals surface area contributed by atoms with E-state index >= 15 is 0 Å². The Morgan fingerprint density at radius 3 is 0.957 bits per heavy atom. The Hall–Kier alpha value is -5.52. The van der Waals surface area contributed by atoms with Gasteiger partial charge in [-0.2, -0.15) is 20.5 Å². The zero-order chi connectivity index (χ0) is 32.4. The number of nitro benzene ring substituents is 2. The molecule has 0 aromatic heterocycles. The molecule has 0 unspecified atom stereocenters. The number of nitro groups is 2. The van der Waals surface area contributed by atoms with Gasteiger partial charge >= 0.3 is 0 Å². The van der Waals surface area contributed by atoms with E-state index in [4.69, 9.17) is 9.47 Å². The van der Waals surface area contributed by atoms with Crippen molar-refractivity contribution in [1.82, 2.24) is 0 Å². The number of rotatable bonds is 19. The summed E-state index contributed by atoms with van der Waals surface area (Å²) in [7, 11) is 0. The first-order valence-corrected chi connectivity index (χ1v) is 15.2. The molecule has 0 atom stereocenters. The van der Waals surface area contributed by atoms with Gasteiger partial charge in [0.15, 0.2) is 0 Å². The van der Waals surface area contributed by atoms with Crippen LogP contribution in [-0.4, -0.2) is 23.1 Å². The largest absolute Gasteiger partial charge is 0.494 e. The third-order valence-electron chi connectivity index (χ3n) is 6.93. The van der Waals surface area contributed by atoms with Crippen molar-refractivity contribution < 1.29 is 19.3 Å². The summed E-state index contributed by atoms with van der Waals surface area (Å²) in [5.74, 6) is 1.58. The number of ether oxygens (including phenoxy) is 2. The van der Waals surface area contributed by atoms with Gasteiger partial charge in [0.25, 0.3) is 11.4 Å². The molecular formula is C34H36N6O6. The van der Waals surface area contributed by atoms with Crippen LogP contribution in [0.25, 0.3) is 0 Å². The zero-order valence-electron chi connectivity index (χ0n) is 25.4. The Labute approximate surface area is 267 Å². The highest BCUT2D eigenvalue weighted by Gasteiger charge is 2.04. The first-order chi connectivity index (χ1) is 22.5. The molecule has 0 N–H and O–H groups in total. The Balaban J connectivity index is 0.981. The normalized spacial score (nSPS) is 11.2. The van der Waals surface area contributed by atoms with Gasteiger partial charge in [-0.3, -0.25) is 20.2 Å². The molecule has 0 aliphatic carbocycles. The number of hydrogen-bond acceptors (Lipinski definition) is 10. The van der Waals surface area contributed by atoms with Crippen LogP contribution in [0.5, 0.6) is 11.5 Å². The molecule has 238 valence electrons. The van der Waals surface area contributed by atoms with Crippen LogP contribution in [0.2, 0.25) is 0 Å². The van der Waals surface area contributed by atoms with Gasteiger partial charge in [-0.05, 0) is 85.6 Å². The van der Waals surface area contributed by atoms with Gasteiger partial charge in [-0.1, -0.05) is 38.5 Å². The minimum atomic E-state index is -0.448. The van der Waals surface area contributed by atoms with Gasteiger partial charge in [0.05, 0.1) is 45.8 Å². The topological polar surface area (TPSA) is 154 Å². The lowest BCUT2D eigenvalue weighted by Crippen LogP contribution is -1.97. The summed E-state index contributed by atoms with van der Waals surface area (Å²) in [4.78, 5) is 20.6. The highest BCUT2D eigenvalue weighted by molar-refractivity contribution is 5.47. The highest BCUT2D eigenvalue weighted by Crippen LogP contribution is 2.25. The zero-order valence-corrected chi connectivity index (χ0v) is 25.4. The molecule has 0 heterocycles. The number of azo groups is 2. The van der Waals surface area contributed by atoms with Gasteiger partial charge in [-0.25, -0.2) is 0 Å². The average Bonchev–Trinajstić information content (AvgIpc) is 3.08. The molecule has 46 heavy (non-hydrogen) atoms. The number of non-ortho nitro benzene ring substituents is 2. The van der Waals surface area contributed by atoms with Crippen molar-refractivity contribution in [2.24, 2.45) is 20.5 Å². The average molecular weight is 625 g/mol. The highest BCUT2D eigenvalue weighted by atomic mass is 16.6. The lowest BCUT2D eigenvalue weighted by molar-refractivity contribution is -0.385. The van der Waals surface area contributed by atoms with Crippen LogP contribution >= 0.6 is 0 Å². The fraction of sp³-hybridized carbons (Fsp3) is 0.294. The van der Waals surface area contributed by atoms with Crippen LogP contribution in [0.1, 0.15) is 51.4 Å². The summed E-state index contributed by atoms with van der Waals surface area (Å²) in [5, 5.41) is 38.0. The molecule has 0 aliphatic rings. The van der Waals surface area contributed by atoms with E-state index in [1.807, 2.05) is 48.5 Å². The van der Waals surface area contributed by atoms with Crippen LogP contribution in [0, 0.1) is 20.2 Å². The molecule has 12 heteroatoms. The summed E-state index contributed by atoms with van der Waals surface area (Å²) in [5.41, 5.74) is 2.48. The second-order valence-corrected chi connectivity index (χ2v) is 10.5. The second kappa shape index (κ2) is 18.3. The number of unbranched alkanes of at least 4 members (excludes halogenated alkanes) is 7. The van der Waals surface area contributed by atoms with E-state index in [0.29, 0.717) is 36.0 Å². The number of nitrogens with zero attached hydrogens (tertiary/aromatic N) is 6. The minimum Gasteiger partial charge on any atom is -0.494 e. The SMILES string of the molecule is O=[N+]([O-])c1ccc(N=Nc2ccc(OCCCCCCCCCCOc3ccc(N=Nc4ccc([N+](=O)[O-])cc4)cc3)cc2)cc1. The van der Waals surface area contributed by atoms with E-state index in [1.165, 1.54) is 49.9 Å². The molecule has 0 saturated heterocycles. The monoisotopic (exact) mass is 624 g/mol. The third kappa shape index (κ3) is 11.9. The smallest absolute Gasteiger partial charge is 0.269 e. The molecule has 12 nitrogen and oxygen atoms in total. The van der Waals surface area contributed by atoms with Crippen molar-refractivity contribution in [2.45, 2.75) is 51.4 Å². The first-order valence-electron chi connectivity index (χ1n) is 15.2. The third-order valence-corrected chi connectivity index (χ3v) is 6.93. The molecule has 0 spiro atoms. The second-order valence-electron chi connectivity index (χ2n) is 10.5. The lowest BCUT2D eigenvalue weighted by Gasteiger charge is -2.07. The minimum absolute atomic E-state index is 0.0195. The Bertz CT molecular complexity index is 1450. The van der Waals surface area contributed by atoms with Crippen LogP contribution in [0.15, 0.2) is 118 Å². The number of hydrogen-bond donors (Lipinski definition) is 0. The fourth-order valence-electron chi connectivity index (χ4n) is 4.38. The predicted molar refractivity (Wildman–Crippen MR) is 175 cm³/mol. The van der Waals surface area contributed by atoms with E-state index in [0.717, 1.165) is 37.2 Å². The standard InChI is InChI=1S/C34H36N6O6/c41-39(42)31-17-9-27(10-18-31)35-37-29-13-21-33(22-14-29)45-25-7-5-3-1-2-4-6-8-26-46-34-23-15-30(16-24-34)38-36-28-11-19-32(20-12-28)40(43)44/h9-24H,1-8,25-26H2. The van der Waals surface area contributed by atoms with Gasteiger partial charge in [0.1, 0.15) is 11.5 Å². The Morgan fingerprint density at radius 1 is 0.413 bits per heavy atom. The Morgan fingerprint density at radius 2 is 0.674 bits per heavy atom. The molecule has 0 aliphatic heterocycles. The van der Waals surface area contributed by atoms with E-state index in [1.54, 1.807) is 24.3 Å². The maximum atomic E-state index is 10.7. The Kier molecular flexibility index (Phi) is 13.3. The molecule has 4 aromatic rings. The summed E-state index contributed by atoms with van der Waals surface area (Å²) in [6.45, 7) is 1.34. The molecular weight excluding hydrogens is 588 g/mol. The van der Waals surface area contributed by atoms with Crippen molar-refractivity contribution in [2.75, 3.05) is 13.2 Å². The van der Waals surface area contributed by atoms with Crippen molar-refractivity contribution in [3.63, 3.8) is 0 Å². The van der Waals surface area contributed by atoms with Gasteiger partial charge in [-0.15, -0.1) is 0 Å². The van der Waals surface area contributed by atoms with E-state index in [9.17, 15) is 20.2 Å². The van der Waals surface area contributed by atoms with Crippen LogP contribution in [0.4, 0.5) is 34.1 Å². The van der Waals surface area contributed by atoms with Crippen LogP contribution < -0.4 is 9.47 Å². The fourth-order valence-corrected chi connectivity index (χ4v) is 4.38.